The topological polar surface area (TPSA) is 71.5 Å². The predicted octanol–water partition coefficient (Wildman–Crippen LogP) is 4.96. The number of nitrogens with zero attached hydrogens (tertiary/aromatic N) is 2. The lowest BCUT2D eigenvalue weighted by molar-refractivity contribution is -0.122. The minimum Gasteiger partial charge on any atom is -0.497 e. The van der Waals surface area contributed by atoms with Crippen LogP contribution in [-0.2, 0) is 9.59 Å². The molecule has 160 valence electrons. The minimum atomic E-state index is -0.423. The summed E-state index contributed by atoms with van der Waals surface area (Å²) in [4.78, 5) is 32.0. The fraction of sp³-hybridized carbons (Fsp3) is 0.160. The van der Waals surface area contributed by atoms with Crippen molar-refractivity contribution in [2.45, 2.75) is 6.42 Å². The van der Waals surface area contributed by atoms with Gasteiger partial charge in [-0.1, -0.05) is 24.3 Å². The van der Waals surface area contributed by atoms with Crippen LogP contribution < -0.4 is 15.0 Å². The monoisotopic (exact) mass is 443 g/mol. The number of fused-ring (bicyclic) bond motifs is 1. The molecule has 1 atom stereocenters. The van der Waals surface area contributed by atoms with Crippen LogP contribution in [0.3, 0.4) is 0 Å². The Morgan fingerprint density at radius 3 is 2.59 bits per heavy atom. The molecule has 2 amide bonds. The summed E-state index contributed by atoms with van der Waals surface area (Å²) in [6.07, 6.45) is 0.182. The Morgan fingerprint density at radius 2 is 1.81 bits per heavy atom. The number of methoxy groups -OCH3 is 1. The number of rotatable bonds is 5. The van der Waals surface area contributed by atoms with Crippen molar-refractivity contribution in [1.29, 1.82) is 0 Å². The van der Waals surface area contributed by atoms with Crippen molar-refractivity contribution >= 4 is 44.7 Å². The van der Waals surface area contributed by atoms with Crippen molar-refractivity contribution < 1.29 is 14.3 Å². The standard InChI is InChI=1S/C25H21N3O3S/c1-31-18-12-10-17(11-13-18)28-15-16(14-23(28)29)24(30)26-20-7-3-2-6-19(20)25-27-21-8-4-5-9-22(21)32-25/h2-13,16H,14-15H2,1H3,(H,26,30)/t16-/m1/s1. The van der Waals surface area contributed by atoms with Gasteiger partial charge in [0.25, 0.3) is 0 Å². The summed E-state index contributed by atoms with van der Waals surface area (Å²) in [7, 11) is 1.60. The van der Waals surface area contributed by atoms with E-state index in [1.807, 2.05) is 72.8 Å². The normalized spacial score (nSPS) is 15.8. The average Bonchev–Trinajstić information content (AvgIpc) is 3.43. The number of para-hydroxylation sites is 2. The van der Waals surface area contributed by atoms with Gasteiger partial charge in [0.1, 0.15) is 10.8 Å². The Bertz CT molecular complexity index is 1270. The Labute approximate surface area is 189 Å². The van der Waals surface area contributed by atoms with Crippen molar-refractivity contribution in [1.82, 2.24) is 4.98 Å². The van der Waals surface area contributed by atoms with Gasteiger partial charge >= 0.3 is 0 Å². The first-order valence-electron chi connectivity index (χ1n) is 10.3. The van der Waals surface area contributed by atoms with Crippen LogP contribution in [0.25, 0.3) is 20.8 Å². The van der Waals surface area contributed by atoms with E-state index in [0.717, 1.165) is 32.2 Å². The fourth-order valence-corrected chi connectivity index (χ4v) is 4.90. The lowest BCUT2D eigenvalue weighted by Gasteiger charge is -2.17. The van der Waals surface area contributed by atoms with Gasteiger partial charge in [0.05, 0.1) is 28.9 Å². The minimum absolute atomic E-state index is 0.0604. The first-order chi connectivity index (χ1) is 15.6. The van der Waals surface area contributed by atoms with Crippen molar-refractivity contribution in [3.8, 4) is 16.3 Å². The smallest absolute Gasteiger partial charge is 0.229 e. The average molecular weight is 444 g/mol. The van der Waals surface area contributed by atoms with Gasteiger partial charge in [-0.3, -0.25) is 9.59 Å². The molecular formula is C25H21N3O3S. The van der Waals surface area contributed by atoms with Gasteiger partial charge < -0.3 is 15.0 Å². The van der Waals surface area contributed by atoms with Gasteiger partial charge in [-0.25, -0.2) is 4.98 Å². The highest BCUT2D eigenvalue weighted by Gasteiger charge is 2.35. The SMILES string of the molecule is COc1ccc(N2C[C@H](C(=O)Nc3ccccc3-c3nc4ccccc4s3)CC2=O)cc1. The van der Waals surface area contributed by atoms with E-state index >= 15 is 0 Å². The highest BCUT2D eigenvalue weighted by atomic mass is 32.1. The number of carbonyl (C=O) groups excluding carboxylic acids is 2. The number of thiazole rings is 1. The van der Waals surface area contributed by atoms with Crippen LogP contribution in [0.4, 0.5) is 11.4 Å². The third-order valence-electron chi connectivity index (χ3n) is 5.59. The molecule has 32 heavy (non-hydrogen) atoms. The van der Waals surface area contributed by atoms with Crippen molar-refractivity contribution in [2.75, 3.05) is 23.9 Å². The first-order valence-corrected chi connectivity index (χ1v) is 11.1. The molecule has 2 heterocycles. The fourth-order valence-electron chi connectivity index (χ4n) is 3.90. The molecule has 1 aliphatic rings. The van der Waals surface area contributed by atoms with Crippen LogP contribution in [0.15, 0.2) is 72.8 Å². The molecule has 3 aromatic carbocycles. The van der Waals surface area contributed by atoms with E-state index in [-0.39, 0.29) is 18.2 Å². The van der Waals surface area contributed by atoms with Crippen molar-refractivity contribution in [3.05, 3.63) is 72.8 Å². The Morgan fingerprint density at radius 1 is 1.06 bits per heavy atom. The molecule has 0 aliphatic carbocycles. The van der Waals surface area contributed by atoms with Gasteiger partial charge in [0, 0.05) is 24.2 Å². The maximum Gasteiger partial charge on any atom is 0.229 e. The maximum absolute atomic E-state index is 13.1. The molecule has 1 fully saturated rings. The number of benzene rings is 3. The molecule has 0 saturated carbocycles. The molecule has 1 N–H and O–H groups in total. The Balaban J connectivity index is 1.35. The van der Waals surface area contributed by atoms with Gasteiger partial charge in [0.15, 0.2) is 0 Å². The highest BCUT2D eigenvalue weighted by Crippen LogP contribution is 2.35. The molecule has 1 aliphatic heterocycles. The Hall–Kier alpha value is -3.71. The van der Waals surface area contributed by atoms with Crippen LogP contribution in [-0.4, -0.2) is 30.5 Å². The molecule has 0 radical (unpaired) electrons. The number of anilines is 2. The number of ether oxygens (including phenoxy) is 1. The zero-order valence-corrected chi connectivity index (χ0v) is 18.3. The molecule has 1 saturated heterocycles. The molecule has 4 aromatic rings. The number of nitrogens with one attached hydrogen (secondary N) is 1. The second-order valence-electron chi connectivity index (χ2n) is 7.62. The number of amides is 2. The number of hydrogen-bond donors (Lipinski definition) is 1. The molecule has 7 heteroatoms. The second kappa shape index (κ2) is 8.43. The quantitative estimate of drug-likeness (QED) is 0.473. The lowest BCUT2D eigenvalue weighted by atomic mass is 10.1. The summed E-state index contributed by atoms with van der Waals surface area (Å²) in [5, 5.41) is 3.89. The summed E-state index contributed by atoms with van der Waals surface area (Å²) in [5.74, 6) is 0.0758. The molecule has 0 spiro atoms. The first kappa shape index (κ1) is 20.2. The number of aromatic nitrogens is 1. The van der Waals surface area contributed by atoms with E-state index < -0.39 is 5.92 Å². The van der Waals surface area contributed by atoms with Crippen molar-refractivity contribution in [2.24, 2.45) is 5.92 Å². The predicted molar refractivity (Wildman–Crippen MR) is 127 cm³/mol. The molecule has 0 unspecified atom stereocenters. The summed E-state index contributed by atoms with van der Waals surface area (Å²) in [6, 6.07) is 22.9. The van der Waals surface area contributed by atoms with E-state index in [2.05, 4.69) is 5.32 Å². The third kappa shape index (κ3) is 3.83. The number of carbonyl (C=O) groups is 2. The van der Waals surface area contributed by atoms with E-state index in [4.69, 9.17) is 9.72 Å². The Kier molecular flexibility index (Phi) is 5.33. The van der Waals surface area contributed by atoms with E-state index in [1.54, 1.807) is 23.3 Å². The highest BCUT2D eigenvalue weighted by molar-refractivity contribution is 7.21. The summed E-state index contributed by atoms with van der Waals surface area (Å²) in [5.41, 5.74) is 3.27. The van der Waals surface area contributed by atoms with E-state index in [1.165, 1.54) is 0 Å². The third-order valence-corrected chi connectivity index (χ3v) is 6.66. The zero-order valence-electron chi connectivity index (χ0n) is 17.4. The van der Waals surface area contributed by atoms with Crippen molar-refractivity contribution in [3.63, 3.8) is 0 Å². The van der Waals surface area contributed by atoms with Gasteiger partial charge in [-0.05, 0) is 48.5 Å². The van der Waals surface area contributed by atoms with Crippen LogP contribution in [0.1, 0.15) is 6.42 Å². The molecule has 0 bridgehead atoms. The molecular weight excluding hydrogens is 422 g/mol. The lowest BCUT2D eigenvalue weighted by Crippen LogP contribution is -2.28. The molecule has 1 aromatic heterocycles. The largest absolute Gasteiger partial charge is 0.497 e. The zero-order chi connectivity index (χ0) is 22.1. The van der Waals surface area contributed by atoms with Crippen LogP contribution >= 0.6 is 11.3 Å². The second-order valence-corrected chi connectivity index (χ2v) is 8.66. The summed E-state index contributed by atoms with van der Waals surface area (Å²) in [6.45, 7) is 0.348. The van der Waals surface area contributed by atoms with Crippen LogP contribution in [0.2, 0.25) is 0 Å². The van der Waals surface area contributed by atoms with Crippen LogP contribution in [0, 0.1) is 5.92 Å². The van der Waals surface area contributed by atoms with Gasteiger partial charge in [-0.15, -0.1) is 11.3 Å². The summed E-state index contributed by atoms with van der Waals surface area (Å²) >= 11 is 1.59. The van der Waals surface area contributed by atoms with E-state index in [0.29, 0.717) is 12.2 Å². The van der Waals surface area contributed by atoms with Crippen LogP contribution in [0.5, 0.6) is 5.75 Å². The summed E-state index contributed by atoms with van der Waals surface area (Å²) < 4.78 is 6.28. The number of hydrogen-bond acceptors (Lipinski definition) is 5. The van der Waals surface area contributed by atoms with E-state index in [9.17, 15) is 9.59 Å². The maximum atomic E-state index is 13.1. The molecule has 6 nitrogen and oxygen atoms in total. The molecule has 5 rings (SSSR count). The van der Waals surface area contributed by atoms with Gasteiger partial charge in [-0.2, -0.15) is 0 Å². The van der Waals surface area contributed by atoms with Gasteiger partial charge in [0.2, 0.25) is 11.8 Å².